The summed E-state index contributed by atoms with van der Waals surface area (Å²) in [6.07, 6.45) is 0.911. The van der Waals surface area contributed by atoms with Gasteiger partial charge in [-0.25, -0.2) is 4.68 Å². The molecule has 2 N–H and O–H groups in total. The Morgan fingerprint density at radius 3 is 2.40 bits per heavy atom. The van der Waals surface area contributed by atoms with Gasteiger partial charge in [-0.2, -0.15) is 10.2 Å². The van der Waals surface area contributed by atoms with Gasteiger partial charge in [0.05, 0.1) is 17.1 Å². The van der Waals surface area contributed by atoms with Gasteiger partial charge in [0.2, 0.25) is 0 Å². The third kappa shape index (κ3) is 5.41. The predicted octanol–water partition coefficient (Wildman–Crippen LogP) is 3.37. The van der Waals surface area contributed by atoms with Crippen LogP contribution in [0, 0.1) is 27.7 Å². The van der Waals surface area contributed by atoms with E-state index in [4.69, 9.17) is 0 Å². The lowest BCUT2D eigenvalue weighted by atomic mass is 10.1. The molecule has 162 valence electrons. The van der Waals surface area contributed by atoms with Crippen molar-refractivity contribution in [3.05, 3.63) is 64.2 Å². The van der Waals surface area contributed by atoms with E-state index < -0.39 is 0 Å². The summed E-state index contributed by atoms with van der Waals surface area (Å²) in [6, 6.07) is 10.4. The molecule has 2 aromatic heterocycles. The van der Waals surface area contributed by atoms with Crippen LogP contribution in [0.15, 0.2) is 35.3 Å². The molecule has 0 spiro atoms. The van der Waals surface area contributed by atoms with Crippen LogP contribution in [0.1, 0.15) is 33.9 Å². The molecule has 0 fully saturated rings. The van der Waals surface area contributed by atoms with Crippen molar-refractivity contribution in [2.45, 2.75) is 40.7 Å². The molecule has 8 heteroatoms. The van der Waals surface area contributed by atoms with Crippen molar-refractivity contribution >= 4 is 29.9 Å². The summed E-state index contributed by atoms with van der Waals surface area (Å²) in [5.74, 6) is 0.785. The van der Waals surface area contributed by atoms with Gasteiger partial charge in [0.25, 0.3) is 0 Å². The molecular formula is C22H32IN7. The third-order valence-corrected chi connectivity index (χ3v) is 5.23. The second-order valence-electron chi connectivity index (χ2n) is 7.34. The van der Waals surface area contributed by atoms with Crippen molar-refractivity contribution in [2.24, 2.45) is 12.0 Å². The van der Waals surface area contributed by atoms with Crippen LogP contribution >= 0.6 is 24.0 Å². The van der Waals surface area contributed by atoms with Crippen LogP contribution in [0.5, 0.6) is 0 Å². The molecule has 0 unspecified atom stereocenters. The van der Waals surface area contributed by atoms with Gasteiger partial charge in [0.1, 0.15) is 0 Å². The number of aromatic nitrogens is 4. The monoisotopic (exact) mass is 521 g/mol. The van der Waals surface area contributed by atoms with Gasteiger partial charge in [-0.15, -0.1) is 24.0 Å². The first-order chi connectivity index (χ1) is 13.9. The molecule has 0 saturated heterocycles. The van der Waals surface area contributed by atoms with E-state index in [9.17, 15) is 0 Å². The number of aliphatic imine (C=N–C) groups is 1. The molecule has 3 aromatic rings. The Kier molecular flexibility index (Phi) is 8.45. The lowest BCUT2D eigenvalue weighted by Crippen LogP contribution is -2.38. The SMILES string of the molecule is CN=C(NCCc1c(C)nn(C)c1C)NCc1ccccc1-n1nc(C)cc1C.I. The van der Waals surface area contributed by atoms with Crippen molar-refractivity contribution in [3.8, 4) is 5.69 Å². The number of nitrogens with zero attached hydrogens (tertiary/aromatic N) is 5. The van der Waals surface area contributed by atoms with Gasteiger partial charge in [0.15, 0.2) is 5.96 Å². The number of nitrogens with one attached hydrogen (secondary N) is 2. The number of rotatable bonds is 6. The summed E-state index contributed by atoms with van der Waals surface area (Å²) >= 11 is 0. The topological polar surface area (TPSA) is 72.1 Å². The summed E-state index contributed by atoms with van der Waals surface area (Å²) in [7, 11) is 3.78. The lowest BCUT2D eigenvalue weighted by molar-refractivity contribution is 0.728. The molecule has 0 bridgehead atoms. The van der Waals surface area contributed by atoms with E-state index in [1.807, 2.05) is 29.4 Å². The zero-order valence-electron chi connectivity index (χ0n) is 18.7. The zero-order chi connectivity index (χ0) is 21.0. The molecule has 0 saturated carbocycles. The molecule has 0 aliphatic heterocycles. The van der Waals surface area contributed by atoms with E-state index >= 15 is 0 Å². The van der Waals surface area contributed by atoms with E-state index in [1.165, 1.54) is 16.8 Å². The standard InChI is InChI=1S/C22H31N7.HI/c1-15-13-16(2)29(26-15)21-10-8-7-9-19(21)14-25-22(23-5)24-12-11-20-17(3)27-28(6)18(20)4;/h7-10,13H,11-12,14H2,1-6H3,(H2,23,24,25);1H. The fraction of sp³-hybridized carbons (Fsp3) is 0.409. The maximum atomic E-state index is 4.63. The number of aryl methyl sites for hydroxylation is 4. The van der Waals surface area contributed by atoms with E-state index in [0.29, 0.717) is 6.54 Å². The van der Waals surface area contributed by atoms with Crippen molar-refractivity contribution in [3.63, 3.8) is 0 Å². The van der Waals surface area contributed by atoms with Crippen molar-refractivity contribution < 1.29 is 0 Å². The van der Waals surface area contributed by atoms with E-state index in [0.717, 1.165) is 41.7 Å². The highest BCUT2D eigenvalue weighted by atomic mass is 127. The molecule has 0 atom stereocenters. The Balaban J connectivity index is 0.00000320. The molecule has 7 nitrogen and oxygen atoms in total. The van der Waals surface area contributed by atoms with Gasteiger partial charge in [0, 0.05) is 38.6 Å². The molecule has 3 rings (SSSR count). The fourth-order valence-electron chi connectivity index (χ4n) is 3.62. The summed E-state index contributed by atoms with van der Waals surface area (Å²) in [4.78, 5) is 4.36. The van der Waals surface area contributed by atoms with Crippen LogP contribution in [0.3, 0.4) is 0 Å². The van der Waals surface area contributed by atoms with E-state index in [-0.39, 0.29) is 24.0 Å². The smallest absolute Gasteiger partial charge is 0.191 e. The molecule has 0 radical (unpaired) electrons. The summed E-state index contributed by atoms with van der Waals surface area (Å²) in [5, 5.41) is 15.9. The highest BCUT2D eigenvalue weighted by Gasteiger charge is 2.11. The van der Waals surface area contributed by atoms with Crippen molar-refractivity contribution in [2.75, 3.05) is 13.6 Å². The number of guanidine groups is 1. The average Bonchev–Trinajstić information content (AvgIpc) is 3.16. The van der Waals surface area contributed by atoms with Gasteiger partial charge in [-0.3, -0.25) is 9.67 Å². The molecule has 0 amide bonds. The summed E-state index contributed by atoms with van der Waals surface area (Å²) in [6.45, 7) is 9.73. The molecule has 1 aromatic carbocycles. The quantitative estimate of drug-likeness (QED) is 0.297. The first kappa shape index (κ1) is 23.9. The van der Waals surface area contributed by atoms with Crippen LogP contribution in [0.4, 0.5) is 0 Å². The summed E-state index contributed by atoms with van der Waals surface area (Å²) in [5.41, 5.74) is 8.00. The third-order valence-electron chi connectivity index (χ3n) is 5.23. The Morgan fingerprint density at radius 1 is 1.07 bits per heavy atom. The minimum absolute atomic E-state index is 0. The zero-order valence-corrected chi connectivity index (χ0v) is 21.0. The van der Waals surface area contributed by atoms with Gasteiger partial charge >= 0.3 is 0 Å². The van der Waals surface area contributed by atoms with Crippen molar-refractivity contribution in [1.29, 1.82) is 0 Å². The largest absolute Gasteiger partial charge is 0.356 e. The summed E-state index contributed by atoms with van der Waals surface area (Å²) < 4.78 is 3.93. The minimum atomic E-state index is 0. The van der Waals surface area contributed by atoms with Gasteiger partial charge in [-0.1, -0.05) is 18.2 Å². The number of benzene rings is 1. The van der Waals surface area contributed by atoms with Crippen molar-refractivity contribution in [1.82, 2.24) is 30.2 Å². The molecule has 30 heavy (non-hydrogen) atoms. The first-order valence-electron chi connectivity index (χ1n) is 9.95. The Hall–Kier alpha value is -2.36. The van der Waals surface area contributed by atoms with Crippen LogP contribution in [0.25, 0.3) is 5.69 Å². The molecular weight excluding hydrogens is 489 g/mol. The molecule has 0 aliphatic rings. The Bertz CT molecular complexity index is 1020. The highest BCUT2D eigenvalue weighted by Crippen LogP contribution is 2.17. The number of hydrogen-bond acceptors (Lipinski definition) is 3. The Labute approximate surface area is 196 Å². The number of halogens is 1. The van der Waals surface area contributed by atoms with E-state index in [2.05, 4.69) is 70.9 Å². The maximum Gasteiger partial charge on any atom is 0.191 e. The highest BCUT2D eigenvalue weighted by molar-refractivity contribution is 14.0. The second-order valence-corrected chi connectivity index (χ2v) is 7.34. The van der Waals surface area contributed by atoms with Crippen LogP contribution in [0.2, 0.25) is 0 Å². The maximum absolute atomic E-state index is 4.63. The number of hydrogen-bond donors (Lipinski definition) is 2. The normalized spacial score (nSPS) is 11.3. The predicted molar refractivity (Wildman–Crippen MR) is 133 cm³/mol. The van der Waals surface area contributed by atoms with Gasteiger partial charge < -0.3 is 10.6 Å². The van der Waals surface area contributed by atoms with Gasteiger partial charge in [-0.05, 0) is 57.4 Å². The first-order valence-corrected chi connectivity index (χ1v) is 9.95. The van der Waals surface area contributed by atoms with E-state index in [1.54, 1.807) is 7.05 Å². The average molecular weight is 521 g/mol. The fourth-order valence-corrected chi connectivity index (χ4v) is 3.62. The molecule has 2 heterocycles. The Morgan fingerprint density at radius 2 is 1.80 bits per heavy atom. The molecule has 0 aliphatic carbocycles. The van der Waals surface area contributed by atoms with Crippen LogP contribution in [-0.2, 0) is 20.0 Å². The minimum Gasteiger partial charge on any atom is -0.356 e. The van der Waals surface area contributed by atoms with Crippen LogP contribution < -0.4 is 10.6 Å². The lowest BCUT2D eigenvalue weighted by Gasteiger charge is -2.15. The van der Waals surface area contributed by atoms with Crippen LogP contribution in [-0.4, -0.2) is 39.1 Å². The number of para-hydroxylation sites is 1. The second kappa shape index (κ2) is 10.6.